The number of nitrogens with zero attached hydrogens (tertiary/aromatic N) is 4. The number of anilines is 1. The summed E-state index contributed by atoms with van der Waals surface area (Å²) >= 11 is 0. The molecule has 2 N–H and O–H groups in total. The number of nitrogens with one attached hydrogen (secondary N) is 2. The van der Waals surface area contributed by atoms with Gasteiger partial charge in [0.05, 0.1) is 17.4 Å². The van der Waals surface area contributed by atoms with Gasteiger partial charge in [-0.1, -0.05) is 19.1 Å². The normalized spacial score (nSPS) is 17.8. The van der Waals surface area contributed by atoms with Crippen molar-refractivity contribution in [3.05, 3.63) is 66.1 Å². The fourth-order valence-electron chi connectivity index (χ4n) is 4.29. The molecular formula is C23H26N6. The van der Waals surface area contributed by atoms with Crippen molar-refractivity contribution in [2.75, 3.05) is 11.9 Å². The lowest BCUT2D eigenvalue weighted by Crippen LogP contribution is -2.40. The first-order valence-electron chi connectivity index (χ1n) is 10.5. The van der Waals surface area contributed by atoms with Crippen molar-refractivity contribution in [3.8, 4) is 0 Å². The minimum absolute atomic E-state index is 0.391. The van der Waals surface area contributed by atoms with Gasteiger partial charge in [0.2, 0.25) is 0 Å². The summed E-state index contributed by atoms with van der Waals surface area (Å²) in [7, 11) is 0. The lowest BCUT2D eigenvalue weighted by molar-refractivity contribution is 0.497. The Morgan fingerprint density at radius 2 is 2.17 bits per heavy atom. The third kappa shape index (κ3) is 3.68. The van der Waals surface area contributed by atoms with Crippen molar-refractivity contribution in [1.29, 1.82) is 0 Å². The maximum absolute atomic E-state index is 4.86. The largest absolute Gasteiger partial charge is 0.364 e. The zero-order chi connectivity index (χ0) is 19.6. The maximum Gasteiger partial charge on any atom is 0.153 e. The highest BCUT2D eigenvalue weighted by Crippen LogP contribution is 2.19. The molecule has 4 heterocycles. The van der Waals surface area contributed by atoms with Gasteiger partial charge < -0.3 is 10.6 Å². The molecule has 1 aliphatic rings. The van der Waals surface area contributed by atoms with Gasteiger partial charge in [-0.2, -0.15) is 0 Å². The van der Waals surface area contributed by atoms with Gasteiger partial charge in [-0.15, -0.1) is 5.10 Å². The van der Waals surface area contributed by atoms with Crippen molar-refractivity contribution >= 4 is 22.4 Å². The number of imidazole rings is 1. The molecule has 2 atom stereocenters. The van der Waals surface area contributed by atoms with E-state index in [1.54, 1.807) is 0 Å². The number of pyridine rings is 1. The van der Waals surface area contributed by atoms with Gasteiger partial charge in [0.15, 0.2) is 5.65 Å². The van der Waals surface area contributed by atoms with Crippen LogP contribution in [0.4, 0.5) is 5.82 Å². The highest BCUT2D eigenvalue weighted by molar-refractivity contribution is 5.79. The molecular weight excluding hydrogens is 360 g/mol. The van der Waals surface area contributed by atoms with Crippen LogP contribution in [0.2, 0.25) is 0 Å². The zero-order valence-electron chi connectivity index (χ0n) is 16.7. The van der Waals surface area contributed by atoms with Crippen LogP contribution in [0.3, 0.4) is 0 Å². The van der Waals surface area contributed by atoms with Crippen LogP contribution in [-0.4, -0.2) is 38.2 Å². The van der Waals surface area contributed by atoms with E-state index in [-0.39, 0.29) is 0 Å². The number of aromatic nitrogens is 4. The molecule has 0 spiro atoms. The van der Waals surface area contributed by atoms with Crippen LogP contribution in [0.5, 0.6) is 0 Å². The monoisotopic (exact) mass is 386 g/mol. The van der Waals surface area contributed by atoms with Crippen LogP contribution in [0.15, 0.2) is 54.9 Å². The Balaban J connectivity index is 1.41. The molecule has 1 aromatic carbocycles. The molecule has 1 aliphatic heterocycles. The quantitative estimate of drug-likeness (QED) is 0.527. The summed E-state index contributed by atoms with van der Waals surface area (Å²) in [5.74, 6) is 0.903. The Morgan fingerprint density at radius 1 is 1.21 bits per heavy atom. The Kier molecular flexibility index (Phi) is 4.86. The summed E-state index contributed by atoms with van der Waals surface area (Å²) in [6, 6.07) is 15.5. The van der Waals surface area contributed by atoms with E-state index in [1.807, 2.05) is 35.1 Å². The van der Waals surface area contributed by atoms with E-state index in [4.69, 9.17) is 5.10 Å². The fourth-order valence-corrected chi connectivity index (χ4v) is 4.29. The second kappa shape index (κ2) is 7.79. The topological polar surface area (TPSA) is 67.1 Å². The van der Waals surface area contributed by atoms with Crippen LogP contribution in [-0.2, 0) is 6.42 Å². The first kappa shape index (κ1) is 18.1. The molecule has 29 heavy (non-hydrogen) atoms. The summed E-state index contributed by atoms with van der Waals surface area (Å²) in [5, 5.41) is 13.3. The van der Waals surface area contributed by atoms with E-state index < -0.39 is 0 Å². The van der Waals surface area contributed by atoms with E-state index in [2.05, 4.69) is 51.8 Å². The molecule has 3 aromatic heterocycles. The molecule has 148 valence electrons. The molecule has 6 nitrogen and oxygen atoms in total. The van der Waals surface area contributed by atoms with Gasteiger partial charge in [-0.3, -0.25) is 4.98 Å². The summed E-state index contributed by atoms with van der Waals surface area (Å²) in [6.45, 7) is 3.34. The SMILES string of the molecule is CCC(Nc1ccc2ncc(Cc3ccc4ncccc4c3)n2n1)C1CCCN1. The molecule has 2 unspecified atom stereocenters. The Hall–Kier alpha value is -2.99. The standard InChI is InChI=1S/C23H26N6/c1-2-19(21-6-4-12-25-21)27-22-9-10-23-26-15-18(29(23)28-22)14-16-7-8-20-17(13-16)5-3-11-24-20/h3,5,7-11,13,15,19,21,25H,2,4,6,12,14H2,1H3,(H,27,28). The summed E-state index contributed by atoms with van der Waals surface area (Å²) in [5.41, 5.74) is 4.21. The molecule has 0 aliphatic carbocycles. The molecule has 4 aromatic rings. The highest BCUT2D eigenvalue weighted by atomic mass is 15.3. The van der Waals surface area contributed by atoms with Gasteiger partial charge in [-0.05, 0) is 61.7 Å². The summed E-state index contributed by atoms with van der Waals surface area (Å²) in [4.78, 5) is 8.95. The van der Waals surface area contributed by atoms with Crippen LogP contribution in [0.1, 0.15) is 37.4 Å². The molecule has 6 heteroatoms. The van der Waals surface area contributed by atoms with Crippen molar-refractivity contribution in [1.82, 2.24) is 24.9 Å². The number of hydrogen-bond acceptors (Lipinski definition) is 5. The average molecular weight is 387 g/mol. The molecule has 5 rings (SSSR count). The summed E-state index contributed by atoms with van der Waals surface area (Å²) < 4.78 is 1.96. The molecule has 0 amide bonds. The van der Waals surface area contributed by atoms with Gasteiger partial charge in [0.1, 0.15) is 5.82 Å². The van der Waals surface area contributed by atoms with Crippen LogP contribution >= 0.6 is 0 Å². The van der Waals surface area contributed by atoms with E-state index >= 15 is 0 Å². The van der Waals surface area contributed by atoms with Crippen molar-refractivity contribution in [2.45, 2.75) is 44.7 Å². The van der Waals surface area contributed by atoms with E-state index in [9.17, 15) is 0 Å². The number of hydrogen-bond donors (Lipinski definition) is 2. The number of rotatable bonds is 6. The van der Waals surface area contributed by atoms with Gasteiger partial charge >= 0.3 is 0 Å². The first-order chi connectivity index (χ1) is 14.3. The van der Waals surface area contributed by atoms with Crippen molar-refractivity contribution in [2.24, 2.45) is 0 Å². The Morgan fingerprint density at radius 3 is 3.03 bits per heavy atom. The van der Waals surface area contributed by atoms with E-state index in [0.29, 0.717) is 12.1 Å². The first-order valence-corrected chi connectivity index (χ1v) is 10.5. The average Bonchev–Trinajstić information content (AvgIpc) is 3.42. The van der Waals surface area contributed by atoms with E-state index in [1.165, 1.54) is 18.4 Å². The molecule has 0 bridgehead atoms. The van der Waals surface area contributed by atoms with Crippen molar-refractivity contribution in [3.63, 3.8) is 0 Å². The second-order valence-corrected chi connectivity index (χ2v) is 7.81. The fraction of sp³-hybridized carbons (Fsp3) is 0.348. The smallest absolute Gasteiger partial charge is 0.153 e. The lowest BCUT2D eigenvalue weighted by Gasteiger charge is -2.24. The highest BCUT2D eigenvalue weighted by Gasteiger charge is 2.23. The van der Waals surface area contributed by atoms with Crippen LogP contribution in [0, 0.1) is 0 Å². The second-order valence-electron chi connectivity index (χ2n) is 7.81. The van der Waals surface area contributed by atoms with Gasteiger partial charge in [-0.25, -0.2) is 9.50 Å². The van der Waals surface area contributed by atoms with Crippen LogP contribution in [0.25, 0.3) is 16.6 Å². The van der Waals surface area contributed by atoms with Gasteiger partial charge in [0.25, 0.3) is 0 Å². The molecule has 0 saturated carbocycles. The molecule has 1 saturated heterocycles. The predicted molar refractivity (Wildman–Crippen MR) is 116 cm³/mol. The third-order valence-electron chi connectivity index (χ3n) is 5.84. The third-order valence-corrected chi connectivity index (χ3v) is 5.84. The minimum atomic E-state index is 0.391. The zero-order valence-corrected chi connectivity index (χ0v) is 16.7. The summed E-state index contributed by atoms with van der Waals surface area (Å²) in [6.07, 6.45) is 8.08. The Labute approximate surface area is 170 Å². The molecule has 0 radical (unpaired) electrons. The number of fused-ring (bicyclic) bond motifs is 2. The van der Waals surface area contributed by atoms with E-state index in [0.717, 1.165) is 47.4 Å². The predicted octanol–water partition coefficient (Wildman–Crippen LogP) is 3.81. The number of benzene rings is 1. The molecule has 1 fully saturated rings. The minimum Gasteiger partial charge on any atom is -0.364 e. The lowest BCUT2D eigenvalue weighted by atomic mass is 10.0. The maximum atomic E-state index is 4.86. The van der Waals surface area contributed by atoms with Gasteiger partial charge in [0, 0.05) is 30.1 Å². The van der Waals surface area contributed by atoms with Crippen molar-refractivity contribution < 1.29 is 0 Å². The Bertz CT molecular complexity index is 1130. The van der Waals surface area contributed by atoms with Crippen LogP contribution < -0.4 is 10.6 Å².